The monoisotopic (exact) mass is 387 g/mol. The lowest BCUT2D eigenvalue weighted by atomic mass is 10.0. The van der Waals surface area contributed by atoms with Crippen molar-refractivity contribution < 1.29 is 19.4 Å². The lowest BCUT2D eigenvalue weighted by Gasteiger charge is -2.22. The molecular formula is C19H25N5O4. The number of ketones is 1. The molecule has 1 aliphatic rings. The molecule has 9 nitrogen and oxygen atoms in total. The number of nitrogens with one attached hydrogen (secondary N) is 1. The quantitative estimate of drug-likeness (QED) is 0.589. The number of Topliss-reactive ketones (excluding diaryl/α,β-unsaturated/α-hetero) is 1. The maximum absolute atomic E-state index is 11.4. The summed E-state index contributed by atoms with van der Waals surface area (Å²) < 4.78 is 6.80. The molecule has 0 spiro atoms. The Morgan fingerprint density at radius 1 is 1.25 bits per heavy atom. The number of aromatic nitrogens is 4. The van der Waals surface area contributed by atoms with E-state index in [1.54, 1.807) is 0 Å². The first-order valence-corrected chi connectivity index (χ1v) is 9.23. The van der Waals surface area contributed by atoms with Crippen molar-refractivity contribution in [1.82, 2.24) is 19.7 Å². The lowest BCUT2D eigenvalue weighted by molar-refractivity contribution is 0.0540. The summed E-state index contributed by atoms with van der Waals surface area (Å²) in [6.07, 6.45) is 3.58. The molecule has 2 atom stereocenters. The molecular weight excluding hydrogens is 362 g/mol. The van der Waals surface area contributed by atoms with Crippen LogP contribution in [0.3, 0.4) is 0 Å². The molecule has 2 aromatic rings. The lowest BCUT2D eigenvalue weighted by Crippen LogP contribution is -2.25. The summed E-state index contributed by atoms with van der Waals surface area (Å²) in [5.74, 6) is 1.27. The number of nitrogens with zero attached hydrogens (tertiary/aromatic N) is 4. The summed E-state index contributed by atoms with van der Waals surface area (Å²) in [7, 11) is 0. The predicted octanol–water partition coefficient (Wildman–Crippen LogP) is 3.71. The van der Waals surface area contributed by atoms with E-state index >= 15 is 0 Å². The molecule has 0 unspecified atom stereocenters. The molecule has 0 amide bonds. The molecule has 9 heteroatoms. The van der Waals surface area contributed by atoms with Crippen molar-refractivity contribution in [3.05, 3.63) is 29.8 Å². The van der Waals surface area contributed by atoms with Crippen LogP contribution in [0.5, 0.6) is 0 Å². The van der Waals surface area contributed by atoms with Crippen molar-refractivity contribution in [2.45, 2.75) is 64.5 Å². The maximum atomic E-state index is 11.4. The van der Waals surface area contributed by atoms with Gasteiger partial charge in [-0.15, -0.1) is 0 Å². The molecule has 3 rings (SSSR count). The van der Waals surface area contributed by atoms with Gasteiger partial charge < -0.3 is 15.2 Å². The van der Waals surface area contributed by atoms with Crippen LogP contribution in [0.1, 0.15) is 69.1 Å². The summed E-state index contributed by atoms with van der Waals surface area (Å²) in [5, 5.41) is 16.8. The van der Waals surface area contributed by atoms with Gasteiger partial charge in [-0.25, -0.2) is 19.4 Å². The normalized spacial score (nSPS) is 19.4. The Hall–Kier alpha value is -2.97. The van der Waals surface area contributed by atoms with Crippen LogP contribution in [0.4, 0.5) is 16.4 Å². The molecule has 2 aromatic heterocycles. The van der Waals surface area contributed by atoms with Gasteiger partial charge in [-0.3, -0.25) is 4.79 Å². The molecule has 2 N–H and O–H groups in total. The fourth-order valence-electron chi connectivity index (χ4n) is 3.36. The van der Waals surface area contributed by atoms with E-state index in [9.17, 15) is 9.59 Å². The summed E-state index contributed by atoms with van der Waals surface area (Å²) >= 11 is 0. The minimum absolute atomic E-state index is 0.138. The van der Waals surface area contributed by atoms with E-state index in [0.29, 0.717) is 24.4 Å². The standard InChI is InChI=1S/C19H25N5O4/c1-11(25)15-9-21-16(10-20-15)22-17-8-14(23-24(17)19(2,3)4)12-5-6-13(7-12)28-18(26)27/h8-10,12-13H,5-7H2,1-4H3,(H,21,22)(H,26,27)/t12-,13+/m0/s1. The third kappa shape index (κ3) is 4.47. The highest BCUT2D eigenvalue weighted by Crippen LogP contribution is 2.37. The minimum Gasteiger partial charge on any atom is -0.450 e. The summed E-state index contributed by atoms with van der Waals surface area (Å²) in [5.41, 5.74) is 0.927. The van der Waals surface area contributed by atoms with Gasteiger partial charge in [0.15, 0.2) is 5.78 Å². The number of carbonyl (C=O) groups is 2. The topological polar surface area (TPSA) is 119 Å². The first-order chi connectivity index (χ1) is 13.1. The Bertz CT molecular complexity index is 869. The summed E-state index contributed by atoms with van der Waals surface area (Å²) in [6.45, 7) is 7.58. The highest BCUT2D eigenvalue weighted by Gasteiger charge is 2.32. The fraction of sp³-hybridized carbons (Fsp3) is 0.526. The van der Waals surface area contributed by atoms with E-state index in [2.05, 4.69) is 15.3 Å². The smallest absolute Gasteiger partial charge is 0.450 e. The molecule has 2 heterocycles. The van der Waals surface area contributed by atoms with Gasteiger partial charge in [0.2, 0.25) is 0 Å². The molecule has 0 bridgehead atoms. The van der Waals surface area contributed by atoms with Gasteiger partial charge in [-0.05, 0) is 40.0 Å². The number of carboxylic acid groups (broad SMARTS) is 1. The van der Waals surface area contributed by atoms with Crippen LogP contribution in [0.25, 0.3) is 0 Å². The van der Waals surface area contributed by atoms with Gasteiger partial charge in [-0.2, -0.15) is 5.10 Å². The van der Waals surface area contributed by atoms with E-state index in [-0.39, 0.29) is 23.3 Å². The van der Waals surface area contributed by atoms with Crippen molar-refractivity contribution in [2.24, 2.45) is 0 Å². The number of hydrogen-bond donors (Lipinski definition) is 2. The summed E-state index contributed by atoms with van der Waals surface area (Å²) in [6, 6.07) is 1.96. The minimum atomic E-state index is -1.24. The molecule has 1 saturated carbocycles. The molecule has 0 aliphatic heterocycles. The first kappa shape index (κ1) is 19.8. The average molecular weight is 387 g/mol. The fourth-order valence-corrected chi connectivity index (χ4v) is 3.36. The zero-order valence-corrected chi connectivity index (χ0v) is 16.5. The molecule has 150 valence electrons. The highest BCUT2D eigenvalue weighted by molar-refractivity contribution is 5.91. The van der Waals surface area contributed by atoms with Gasteiger partial charge in [0, 0.05) is 18.9 Å². The Balaban J connectivity index is 1.82. The van der Waals surface area contributed by atoms with Crippen LogP contribution < -0.4 is 5.32 Å². The van der Waals surface area contributed by atoms with Crippen molar-refractivity contribution in [3.63, 3.8) is 0 Å². The Morgan fingerprint density at radius 2 is 2.00 bits per heavy atom. The number of rotatable bonds is 5. The SMILES string of the molecule is CC(=O)c1cnc(Nc2cc([C@H]3CC[C@@H](OC(=O)O)C3)nn2C(C)(C)C)cn1. The third-order valence-electron chi connectivity index (χ3n) is 4.70. The second-order valence-electron chi connectivity index (χ2n) is 8.02. The van der Waals surface area contributed by atoms with Gasteiger partial charge in [0.05, 0.1) is 23.6 Å². The van der Waals surface area contributed by atoms with E-state index in [1.807, 2.05) is 31.5 Å². The second-order valence-corrected chi connectivity index (χ2v) is 8.02. The van der Waals surface area contributed by atoms with E-state index in [1.165, 1.54) is 19.3 Å². The Morgan fingerprint density at radius 3 is 2.57 bits per heavy atom. The number of ether oxygens (including phenoxy) is 1. The second kappa shape index (κ2) is 7.57. The van der Waals surface area contributed by atoms with Crippen LogP contribution in [0.15, 0.2) is 18.5 Å². The zero-order valence-electron chi connectivity index (χ0n) is 16.5. The van der Waals surface area contributed by atoms with Crippen LogP contribution in [0.2, 0.25) is 0 Å². The average Bonchev–Trinajstić information content (AvgIpc) is 3.21. The molecule has 0 aromatic carbocycles. The van der Waals surface area contributed by atoms with E-state index < -0.39 is 6.16 Å². The summed E-state index contributed by atoms with van der Waals surface area (Å²) in [4.78, 5) is 30.5. The van der Waals surface area contributed by atoms with Crippen molar-refractivity contribution >= 4 is 23.6 Å². The molecule has 0 radical (unpaired) electrons. The van der Waals surface area contributed by atoms with Crippen LogP contribution >= 0.6 is 0 Å². The zero-order chi connectivity index (χ0) is 20.5. The number of carbonyl (C=O) groups excluding carboxylic acids is 1. The van der Waals surface area contributed by atoms with Crippen LogP contribution in [0, 0.1) is 0 Å². The van der Waals surface area contributed by atoms with Gasteiger partial charge in [0.1, 0.15) is 23.4 Å². The maximum Gasteiger partial charge on any atom is 0.506 e. The molecule has 1 fully saturated rings. The first-order valence-electron chi connectivity index (χ1n) is 9.23. The molecule has 1 aliphatic carbocycles. The molecule has 0 saturated heterocycles. The predicted molar refractivity (Wildman–Crippen MR) is 102 cm³/mol. The van der Waals surface area contributed by atoms with Crippen molar-refractivity contribution in [1.29, 1.82) is 0 Å². The van der Waals surface area contributed by atoms with Crippen LogP contribution in [-0.2, 0) is 10.3 Å². The van der Waals surface area contributed by atoms with Crippen molar-refractivity contribution in [3.8, 4) is 0 Å². The number of hydrogen-bond acceptors (Lipinski definition) is 7. The molecule has 28 heavy (non-hydrogen) atoms. The Kier molecular flexibility index (Phi) is 5.35. The largest absolute Gasteiger partial charge is 0.506 e. The van der Waals surface area contributed by atoms with E-state index in [0.717, 1.165) is 17.9 Å². The van der Waals surface area contributed by atoms with E-state index in [4.69, 9.17) is 14.9 Å². The van der Waals surface area contributed by atoms with Gasteiger partial charge >= 0.3 is 6.16 Å². The van der Waals surface area contributed by atoms with Gasteiger partial charge in [0.25, 0.3) is 0 Å². The van der Waals surface area contributed by atoms with Crippen LogP contribution in [-0.4, -0.2) is 42.9 Å². The van der Waals surface area contributed by atoms with Gasteiger partial charge in [-0.1, -0.05) is 0 Å². The third-order valence-corrected chi connectivity index (χ3v) is 4.70. The highest BCUT2D eigenvalue weighted by atomic mass is 16.7. The number of anilines is 2. The Labute approximate surface area is 163 Å². The van der Waals surface area contributed by atoms with Crippen molar-refractivity contribution in [2.75, 3.05) is 5.32 Å².